The predicted octanol–water partition coefficient (Wildman–Crippen LogP) is 1.30. The van der Waals surface area contributed by atoms with Crippen molar-refractivity contribution in [1.29, 1.82) is 0 Å². The summed E-state index contributed by atoms with van der Waals surface area (Å²) >= 11 is 0. The highest BCUT2D eigenvalue weighted by atomic mass is 32.2. The highest BCUT2D eigenvalue weighted by Crippen LogP contribution is 2.02. The van der Waals surface area contributed by atoms with Crippen LogP contribution in [-0.4, -0.2) is 19.6 Å². The average molecular weight is 230 g/mol. The maximum absolute atomic E-state index is 9.26. The Hall–Kier alpha value is -1.89. The van der Waals surface area contributed by atoms with E-state index in [2.05, 4.69) is 4.36 Å². The molecule has 7 heteroatoms. The third-order valence-corrected chi connectivity index (χ3v) is 1.54. The van der Waals surface area contributed by atoms with E-state index in [1.54, 1.807) is 0 Å². The molecule has 0 aromatic heterocycles. The van der Waals surface area contributed by atoms with Crippen molar-refractivity contribution >= 4 is 22.3 Å². The van der Waals surface area contributed by atoms with Crippen molar-refractivity contribution in [3.8, 4) is 0 Å². The van der Waals surface area contributed by atoms with Gasteiger partial charge in [-0.3, -0.25) is 0 Å². The summed E-state index contributed by atoms with van der Waals surface area (Å²) in [7, 11) is -2.82. The van der Waals surface area contributed by atoms with Crippen LogP contribution in [0.3, 0.4) is 0 Å². The summed E-state index contributed by atoms with van der Waals surface area (Å²) in [5.41, 5.74) is 7.51. The van der Waals surface area contributed by atoms with Crippen LogP contribution in [0.15, 0.2) is 28.6 Å². The van der Waals surface area contributed by atoms with Crippen molar-refractivity contribution in [2.45, 2.75) is 6.92 Å². The van der Waals surface area contributed by atoms with Gasteiger partial charge in [-0.05, 0) is 19.1 Å². The number of amides is 1. The van der Waals surface area contributed by atoms with Gasteiger partial charge in [0.2, 0.25) is 0 Å². The van der Waals surface area contributed by atoms with E-state index in [0.29, 0.717) is 0 Å². The number of anilines is 1. The molecule has 0 saturated heterocycles. The molecule has 0 fully saturated rings. The number of carbonyl (C=O) groups is 1. The first-order valence-electron chi connectivity index (χ1n) is 3.78. The van der Waals surface area contributed by atoms with Crippen LogP contribution in [0.2, 0.25) is 0 Å². The van der Waals surface area contributed by atoms with Gasteiger partial charge in [0.1, 0.15) is 0 Å². The molecule has 0 aliphatic rings. The highest BCUT2D eigenvalue weighted by Gasteiger charge is 1.84. The topological polar surface area (TPSA) is 110 Å². The summed E-state index contributed by atoms with van der Waals surface area (Å²) in [5, 5.41) is 7.52. The van der Waals surface area contributed by atoms with Crippen LogP contribution >= 0.6 is 0 Å². The van der Waals surface area contributed by atoms with Gasteiger partial charge in [-0.1, -0.05) is 22.1 Å². The molecule has 0 heterocycles. The van der Waals surface area contributed by atoms with Crippen LogP contribution in [-0.2, 0) is 10.5 Å². The zero-order valence-electron chi connectivity index (χ0n) is 7.91. The lowest BCUT2D eigenvalue weighted by atomic mass is 10.2. The maximum Gasteiger partial charge on any atom is 0.446 e. The van der Waals surface area contributed by atoms with Gasteiger partial charge in [-0.25, -0.2) is 4.79 Å². The summed E-state index contributed by atoms with van der Waals surface area (Å²) in [6.45, 7) is 2.04. The standard InChI is InChI=1S/C7H9N.CHNO4S/c1-6-2-4-7(8)5-3-6;3-1(4)2-7(5)6/h2-5H,8H2,1H3;(H,3,4). The van der Waals surface area contributed by atoms with Crippen LogP contribution in [0.4, 0.5) is 10.5 Å². The van der Waals surface area contributed by atoms with E-state index >= 15 is 0 Å². The second kappa shape index (κ2) is 6.55. The van der Waals surface area contributed by atoms with Crippen LogP contribution in [0.25, 0.3) is 0 Å². The lowest BCUT2D eigenvalue weighted by Gasteiger charge is -1.90. The molecule has 0 radical (unpaired) electrons. The fraction of sp³-hybridized carbons (Fsp3) is 0.125. The Morgan fingerprint density at radius 3 is 2.00 bits per heavy atom. The molecule has 0 atom stereocenters. The minimum absolute atomic E-state index is 0.829. The molecule has 15 heavy (non-hydrogen) atoms. The fourth-order valence-corrected chi connectivity index (χ4v) is 0.758. The predicted molar refractivity (Wildman–Crippen MR) is 55.0 cm³/mol. The Labute approximate surface area is 88.1 Å². The summed E-state index contributed by atoms with van der Waals surface area (Å²) in [6, 6.07) is 7.79. The Bertz CT molecular complexity index is 421. The van der Waals surface area contributed by atoms with E-state index in [1.165, 1.54) is 5.56 Å². The molecule has 82 valence electrons. The van der Waals surface area contributed by atoms with Crippen molar-refractivity contribution < 1.29 is 18.3 Å². The second-order valence-electron chi connectivity index (χ2n) is 2.50. The fourth-order valence-electron chi connectivity index (χ4n) is 0.630. The first-order chi connectivity index (χ1) is 6.91. The highest BCUT2D eigenvalue weighted by molar-refractivity contribution is 7.62. The lowest BCUT2D eigenvalue weighted by Crippen LogP contribution is -1.81. The number of aryl methyl sites for hydroxylation is 1. The quantitative estimate of drug-likeness (QED) is 0.653. The van der Waals surface area contributed by atoms with E-state index in [4.69, 9.17) is 10.8 Å². The number of benzene rings is 1. The Kier molecular flexibility index (Phi) is 5.72. The zero-order chi connectivity index (χ0) is 11.8. The van der Waals surface area contributed by atoms with Gasteiger partial charge in [0.05, 0.1) is 0 Å². The molecule has 1 amide bonds. The Morgan fingerprint density at radius 1 is 1.33 bits per heavy atom. The smallest absolute Gasteiger partial charge is 0.446 e. The number of rotatable bonds is 0. The number of nitrogens with zero attached hydrogens (tertiary/aromatic N) is 1. The van der Waals surface area contributed by atoms with Crippen LogP contribution in [0.1, 0.15) is 5.56 Å². The van der Waals surface area contributed by atoms with Crippen molar-refractivity contribution in [2.24, 2.45) is 4.36 Å². The normalized spacial score (nSPS) is 8.33. The third kappa shape index (κ3) is 8.44. The Balaban J connectivity index is 0.000000265. The molecule has 0 saturated carbocycles. The van der Waals surface area contributed by atoms with Gasteiger partial charge >= 0.3 is 16.6 Å². The van der Waals surface area contributed by atoms with Crippen molar-refractivity contribution in [3.05, 3.63) is 29.8 Å². The van der Waals surface area contributed by atoms with Crippen molar-refractivity contribution in [3.63, 3.8) is 0 Å². The van der Waals surface area contributed by atoms with Crippen LogP contribution < -0.4 is 5.73 Å². The molecule has 1 aromatic carbocycles. The average Bonchev–Trinajstić information content (AvgIpc) is 2.09. The first-order valence-corrected chi connectivity index (χ1v) is 4.81. The van der Waals surface area contributed by atoms with E-state index in [9.17, 15) is 13.2 Å². The summed E-state index contributed by atoms with van der Waals surface area (Å²) < 4.78 is 20.6. The molecule has 0 aliphatic heterocycles. The molecular weight excluding hydrogens is 220 g/mol. The first kappa shape index (κ1) is 13.1. The molecule has 0 aliphatic carbocycles. The van der Waals surface area contributed by atoms with Gasteiger partial charge in [-0.2, -0.15) is 8.42 Å². The number of carboxylic acid groups (broad SMARTS) is 1. The van der Waals surface area contributed by atoms with Crippen molar-refractivity contribution in [1.82, 2.24) is 0 Å². The second-order valence-corrected chi connectivity index (χ2v) is 3.12. The summed E-state index contributed by atoms with van der Waals surface area (Å²) in [6.07, 6.45) is -1.70. The number of nitrogen functional groups attached to an aromatic ring is 1. The van der Waals surface area contributed by atoms with Crippen LogP contribution in [0.5, 0.6) is 0 Å². The van der Waals surface area contributed by atoms with E-state index < -0.39 is 16.6 Å². The van der Waals surface area contributed by atoms with Crippen LogP contribution in [0, 0.1) is 6.92 Å². The zero-order valence-corrected chi connectivity index (χ0v) is 8.73. The third-order valence-electron chi connectivity index (χ3n) is 1.23. The minimum atomic E-state index is -2.82. The number of hydrogen-bond donors (Lipinski definition) is 2. The molecule has 0 spiro atoms. The van der Waals surface area contributed by atoms with Gasteiger partial charge < -0.3 is 10.8 Å². The van der Waals surface area contributed by atoms with Gasteiger partial charge in [-0.15, -0.1) is 0 Å². The number of hydrogen-bond acceptors (Lipinski definition) is 4. The Morgan fingerprint density at radius 2 is 1.80 bits per heavy atom. The van der Waals surface area contributed by atoms with E-state index in [1.807, 2.05) is 31.2 Å². The van der Waals surface area contributed by atoms with Gasteiger partial charge in [0.25, 0.3) is 0 Å². The monoisotopic (exact) mass is 230 g/mol. The van der Waals surface area contributed by atoms with Gasteiger partial charge in [0.15, 0.2) is 0 Å². The van der Waals surface area contributed by atoms with E-state index in [-0.39, 0.29) is 0 Å². The summed E-state index contributed by atoms with van der Waals surface area (Å²) in [4.78, 5) is 9.25. The minimum Gasteiger partial charge on any atom is -0.463 e. The van der Waals surface area contributed by atoms with Crippen molar-refractivity contribution in [2.75, 3.05) is 5.73 Å². The van der Waals surface area contributed by atoms with Gasteiger partial charge in [0, 0.05) is 5.69 Å². The molecule has 0 unspecified atom stereocenters. The number of nitrogens with two attached hydrogens (primary N) is 1. The molecule has 6 nitrogen and oxygen atoms in total. The summed E-state index contributed by atoms with van der Waals surface area (Å²) in [5.74, 6) is 0. The maximum atomic E-state index is 9.26. The molecule has 0 bridgehead atoms. The molecule has 1 aromatic rings. The SMILES string of the molecule is Cc1ccc(N)cc1.O=C(O)N=S(=O)=O. The molecule has 3 N–H and O–H groups in total. The largest absolute Gasteiger partial charge is 0.463 e. The lowest BCUT2D eigenvalue weighted by molar-refractivity contribution is 0.206. The molecule has 1 rings (SSSR count). The van der Waals surface area contributed by atoms with E-state index in [0.717, 1.165) is 5.69 Å². The molecular formula is C8H10N2O4S.